The van der Waals surface area contributed by atoms with Gasteiger partial charge in [-0.3, -0.25) is 4.79 Å². The van der Waals surface area contributed by atoms with E-state index >= 15 is 0 Å². The Morgan fingerprint density at radius 3 is 2.41 bits per heavy atom. The highest BCUT2D eigenvalue weighted by molar-refractivity contribution is 7.89. The normalized spacial score (nSPS) is 15.2. The Kier molecular flexibility index (Phi) is 5.46. The minimum absolute atomic E-state index is 0.00836. The van der Waals surface area contributed by atoms with Crippen molar-refractivity contribution in [2.45, 2.75) is 24.2 Å². The summed E-state index contributed by atoms with van der Waals surface area (Å²) < 4.78 is 32.8. The molecule has 0 aliphatic carbocycles. The Bertz CT molecular complexity index is 1100. The highest BCUT2D eigenvalue weighted by atomic mass is 32.2. The number of carbonyl (C=O) groups excluding carboxylic acids is 1. The van der Waals surface area contributed by atoms with Crippen LogP contribution in [0.2, 0.25) is 0 Å². The van der Waals surface area contributed by atoms with E-state index in [-0.39, 0.29) is 16.3 Å². The third-order valence-corrected chi connectivity index (χ3v) is 6.83. The van der Waals surface area contributed by atoms with Crippen LogP contribution in [0.5, 0.6) is 0 Å². The molecule has 1 amide bonds. The van der Waals surface area contributed by atoms with E-state index in [2.05, 4.69) is 10.5 Å². The molecule has 1 aliphatic heterocycles. The highest BCUT2D eigenvalue weighted by Crippen LogP contribution is 2.27. The van der Waals surface area contributed by atoms with E-state index in [4.69, 9.17) is 4.52 Å². The van der Waals surface area contributed by atoms with Gasteiger partial charge in [-0.1, -0.05) is 54.0 Å². The van der Waals surface area contributed by atoms with Crippen LogP contribution in [0.3, 0.4) is 0 Å². The molecule has 2 aromatic carbocycles. The first-order chi connectivity index (χ1) is 14.1. The van der Waals surface area contributed by atoms with Crippen LogP contribution in [0.1, 0.15) is 29.8 Å². The molecule has 0 unspecified atom stereocenters. The van der Waals surface area contributed by atoms with Gasteiger partial charge in [0.25, 0.3) is 5.91 Å². The second kappa shape index (κ2) is 8.18. The number of benzene rings is 2. The van der Waals surface area contributed by atoms with Crippen LogP contribution in [-0.2, 0) is 10.0 Å². The molecule has 0 spiro atoms. The van der Waals surface area contributed by atoms with Crippen LogP contribution in [0.25, 0.3) is 11.3 Å². The largest absolute Gasteiger partial charge is 0.350 e. The maximum absolute atomic E-state index is 13.1. The topological polar surface area (TPSA) is 92.5 Å². The van der Waals surface area contributed by atoms with Crippen molar-refractivity contribution in [2.24, 2.45) is 0 Å². The Balaban J connectivity index is 1.57. The molecule has 0 radical (unpaired) electrons. The Hall–Kier alpha value is -2.97. The van der Waals surface area contributed by atoms with Crippen LogP contribution in [0.4, 0.5) is 5.69 Å². The monoisotopic (exact) mass is 411 g/mol. The van der Waals surface area contributed by atoms with Gasteiger partial charge in [0.2, 0.25) is 15.8 Å². The molecular weight excluding hydrogens is 390 g/mol. The summed E-state index contributed by atoms with van der Waals surface area (Å²) in [6.07, 6.45) is 2.71. The molecule has 2 heterocycles. The van der Waals surface area contributed by atoms with Crippen LogP contribution >= 0.6 is 0 Å². The summed E-state index contributed by atoms with van der Waals surface area (Å²) in [6, 6.07) is 17.3. The van der Waals surface area contributed by atoms with Crippen LogP contribution in [0, 0.1) is 0 Å². The standard InChI is InChI=1S/C21H21N3O4S/c25-21(19-15-18(23-28-19)16-9-3-1-4-10-16)22-17-11-5-6-12-20(17)29(26,27)24-13-7-2-8-14-24/h1,3-6,9-12,15H,2,7-8,13-14H2,(H,22,25). The molecule has 1 saturated heterocycles. The van der Waals surface area contributed by atoms with Crippen LogP contribution in [-0.4, -0.2) is 36.9 Å². The van der Waals surface area contributed by atoms with Gasteiger partial charge in [-0.2, -0.15) is 4.31 Å². The number of sulfonamides is 1. The van der Waals surface area contributed by atoms with Crippen LogP contribution in [0.15, 0.2) is 70.1 Å². The zero-order valence-electron chi connectivity index (χ0n) is 15.7. The average Bonchev–Trinajstić information content (AvgIpc) is 3.26. The number of nitrogens with one attached hydrogen (secondary N) is 1. The van der Waals surface area contributed by atoms with Crippen molar-refractivity contribution in [3.8, 4) is 11.3 Å². The van der Waals surface area contributed by atoms with E-state index < -0.39 is 15.9 Å². The Morgan fingerprint density at radius 2 is 1.66 bits per heavy atom. The molecule has 29 heavy (non-hydrogen) atoms. The molecule has 0 atom stereocenters. The fourth-order valence-corrected chi connectivity index (χ4v) is 5.01. The predicted octanol–water partition coefficient (Wildman–Crippen LogP) is 3.77. The third kappa shape index (κ3) is 4.08. The molecule has 150 valence electrons. The van der Waals surface area contributed by atoms with Gasteiger partial charge in [-0.25, -0.2) is 8.42 Å². The average molecular weight is 411 g/mol. The molecule has 1 aliphatic rings. The molecule has 8 heteroatoms. The number of para-hydroxylation sites is 1. The second-order valence-corrected chi connectivity index (χ2v) is 8.76. The number of carbonyl (C=O) groups is 1. The van der Waals surface area contributed by atoms with Gasteiger partial charge in [-0.15, -0.1) is 0 Å². The molecule has 0 bridgehead atoms. The molecule has 0 saturated carbocycles. The summed E-state index contributed by atoms with van der Waals surface area (Å²) in [5.41, 5.74) is 1.58. The molecule has 1 N–H and O–H groups in total. The van der Waals surface area contributed by atoms with E-state index in [1.165, 1.54) is 16.4 Å². The quantitative estimate of drug-likeness (QED) is 0.690. The second-order valence-electron chi connectivity index (χ2n) is 6.86. The minimum Gasteiger partial charge on any atom is -0.350 e. The molecular formula is C21H21N3O4S. The number of aromatic nitrogens is 1. The van der Waals surface area contributed by atoms with Gasteiger partial charge < -0.3 is 9.84 Å². The van der Waals surface area contributed by atoms with Crippen molar-refractivity contribution in [1.29, 1.82) is 0 Å². The fraction of sp³-hybridized carbons (Fsp3) is 0.238. The number of hydrogen-bond donors (Lipinski definition) is 1. The van der Waals surface area contributed by atoms with Crippen molar-refractivity contribution in [1.82, 2.24) is 9.46 Å². The lowest BCUT2D eigenvalue weighted by molar-refractivity contribution is 0.0987. The van der Waals surface area contributed by atoms with Crippen LogP contribution < -0.4 is 5.32 Å². The zero-order chi connectivity index (χ0) is 20.3. The fourth-order valence-electron chi connectivity index (χ4n) is 3.35. The first-order valence-corrected chi connectivity index (χ1v) is 10.9. The summed E-state index contributed by atoms with van der Waals surface area (Å²) in [4.78, 5) is 12.7. The smallest absolute Gasteiger partial charge is 0.294 e. The Labute approximate surface area is 169 Å². The number of anilines is 1. The lowest BCUT2D eigenvalue weighted by atomic mass is 10.1. The highest BCUT2D eigenvalue weighted by Gasteiger charge is 2.29. The maximum Gasteiger partial charge on any atom is 0.294 e. The summed E-state index contributed by atoms with van der Waals surface area (Å²) in [6.45, 7) is 0.986. The van der Waals surface area contributed by atoms with Gasteiger partial charge in [0.05, 0.1) is 5.69 Å². The zero-order valence-corrected chi connectivity index (χ0v) is 16.6. The summed E-state index contributed by atoms with van der Waals surface area (Å²) in [5, 5.41) is 6.59. The molecule has 1 fully saturated rings. The van der Waals surface area contributed by atoms with Gasteiger partial charge in [0.15, 0.2) is 0 Å². The number of hydrogen-bond acceptors (Lipinski definition) is 5. The number of piperidine rings is 1. The number of amides is 1. The minimum atomic E-state index is -3.69. The molecule has 1 aromatic heterocycles. The van der Waals surface area contributed by atoms with Crippen molar-refractivity contribution >= 4 is 21.6 Å². The van der Waals surface area contributed by atoms with Gasteiger partial charge >= 0.3 is 0 Å². The summed E-state index contributed by atoms with van der Waals surface area (Å²) >= 11 is 0. The van der Waals surface area contributed by atoms with Gasteiger partial charge in [-0.05, 0) is 25.0 Å². The number of nitrogens with zero attached hydrogens (tertiary/aromatic N) is 2. The third-order valence-electron chi connectivity index (χ3n) is 4.87. The van der Waals surface area contributed by atoms with Gasteiger partial charge in [0.1, 0.15) is 10.6 Å². The van der Waals surface area contributed by atoms with E-state index in [1.807, 2.05) is 30.3 Å². The van der Waals surface area contributed by atoms with Crippen molar-refractivity contribution in [2.75, 3.05) is 18.4 Å². The molecule has 3 aromatic rings. The number of rotatable bonds is 5. The molecule has 4 rings (SSSR count). The van der Waals surface area contributed by atoms with Crippen molar-refractivity contribution in [3.05, 3.63) is 66.4 Å². The first kappa shape index (κ1) is 19.4. The van der Waals surface area contributed by atoms with Gasteiger partial charge in [0, 0.05) is 24.7 Å². The summed E-state index contributed by atoms with van der Waals surface area (Å²) in [5.74, 6) is -0.546. The first-order valence-electron chi connectivity index (χ1n) is 9.48. The van der Waals surface area contributed by atoms with E-state index in [0.717, 1.165) is 24.8 Å². The van der Waals surface area contributed by atoms with Crippen molar-refractivity contribution in [3.63, 3.8) is 0 Å². The Morgan fingerprint density at radius 1 is 0.966 bits per heavy atom. The summed E-state index contributed by atoms with van der Waals surface area (Å²) in [7, 11) is -3.69. The lowest BCUT2D eigenvalue weighted by Gasteiger charge is -2.26. The SMILES string of the molecule is O=C(Nc1ccccc1S(=O)(=O)N1CCCCC1)c1cc(-c2ccccc2)no1. The van der Waals surface area contributed by atoms with Crippen molar-refractivity contribution < 1.29 is 17.7 Å². The predicted molar refractivity (Wildman–Crippen MR) is 109 cm³/mol. The molecule has 7 nitrogen and oxygen atoms in total. The van der Waals surface area contributed by atoms with E-state index in [9.17, 15) is 13.2 Å². The van der Waals surface area contributed by atoms with E-state index in [0.29, 0.717) is 18.8 Å². The lowest BCUT2D eigenvalue weighted by Crippen LogP contribution is -2.36. The maximum atomic E-state index is 13.1. The van der Waals surface area contributed by atoms with E-state index in [1.54, 1.807) is 18.2 Å².